The third-order valence-electron chi connectivity index (χ3n) is 4.51. The largest absolute Gasteiger partial charge is 0.341 e. The SMILES string of the molecule is Cl.NC1CCC2CN(C(=O)CSc3cc(Cl)ccc3Cl)CC12. The summed E-state index contributed by atoms with van der Waals surface area (Å²) in [5.74, 6) is 1.66. The zero-order valence-corrected chi connectivity index (χ0v) is 15.1. The molecule has 1 amide bonds. The molecule has 1 saturated heterocycles. The predicted molar refractivity (Wildman–Crippen MR) is 95.2 cm³/mol. The monoisotopic (exact) mass is 380 g/mol. The molecule has 1 aromatic carbocycles. The lowest BCUT2D eigenvalue weighted by Crippen LogP contribution is -2.34. The first-order valence-corrected chi connectivity index (χ1v) is 8.90. The van der Waals surface area contributed by atoms with Gasteiger partial charge in [-0.05, 0) is 42.9 Å². The Labute approximate surface area is 151 Å². The average molecular weight is 382 g/mol. The van der Waals surface area contributed by atoms with Gasteiger partial charge < -0.3 is 10.6 Å². The minimum absolute atomic E-state index is 0. The Hall–Kier alpha value is -0.130. The molecule has 3 rings (SSSR count). The van der Waals surface area contributed by atoms with Crippen molar-refractivity contribution in [2.75, 3.05) is 18.8 Å². The number of nitrogens with zero attached hydrogens (tertiary/aromatic N) is 1. The summed E-state index contributed by atoms with van der Waals surface area (Å²) < 4.78 is 0. The van der Waals surface area contributed by atoms with Crippen LogP contribution in [0.4, 0.5) is 0 Å². The van der Waals surface area contributed by atoms with E-state index in [1.807, 2.05) is 4.90 Å². The molecule has 3 atom stereocenters. The van der Waals surface area contributed by atoms with Crippen LogP contribution in [0, 0.1) is 11.8 Å². The van der Waals surface area contributed by atoms with Gasteiger partial charge in [-0.2, -0.15) is 0 Å². The third-order valence-corrected chi connectivity index (χ3v) is 6.23. The van der Waals surface area contributed by atoms with Gasteiger partial charge >= 0.3 is 0 Å². The van der Waals surface area contributed by atoms with Crippen molar-refractivity contribution in [1.29, 1.82) is 0 Å². The van der Waals surface area contributed by atoms with Crippen molar-refractivity contribution >= 4 is 53.3 Å². The summed E-state index contributed by atoms with van der Waals surface area (Å²) in [5.41, 5.74) is 6.11. The molecule has 1 saturated carbocycles. The zero-order valence-electron chi connectivity index (χ0n) is 12.0. The van der Waals surface area contributed by atoms with E-state index in [1.54, 1.807) is 18.2 Å². The molecule has 3 nitrogen and oxygen atoms in total. The normalized spacial score (nSPS) is 26.7. The van der Waals surface area contributed by atoms with E-state index >= 15 is 0 Å². The van der Waals surface area contributed by atoms with Crippen LogP contribution in [0.1, 0.15) is 12.8 Å². The zero-order chi connectivity index (χ0) is 15.0. The molecule has 1 aliphatic carbocycles. The second kappa shape index (κ2) is 7.63. The molecule has 2 aliphatic rings. The van der Waals surface area contributed by atoms with E-state index in [0.717, 1.165) is 30.8 Å². The molecule has 2 N–H and O–H groups in total. The van der Waals surface area contributed by atoms with Crippen molar-refractivity contribution in [3.63, 3.8) is 0 Å². The van der Waals surface area contributed by atoms with Gasteiger partial charge in [-0.1, -0.05) is 23.2 Å². The molecule has 1 heterocycles. The number of amides is 1. The fraction of sp³-hybridized carbons (Fsp3) is 0.533. The van der Waals surface area contributed by atoms with Crippen LogP contribution < -0.4 is 5.73 Å². The van der Waals surface area contributed by atoms with E-state index in [-0.39, 0.29) is 24.4 Å². The highest BCUT2D eigenvalue weighted by Crippen LogP contribution is 2.37. The lowest BCUT2D eigenvalue weighted by molar-refractivity contribution is -0.127. The number of halogens is 3. The lowest BCUT2D eigenvalue weighted by Gasteiger charge is -2.18. The van der Waals surface area contributed by atoms with Crippen molar-refractivity contribution < 1.29 is 4.79 Å². The molecule has 122 valence electrons. The number of thioether (sulfide) groups is 1. The van der Waals surface area contributed by atoms with Crippen LogP contribution >= 0.6 is 47.4 Å². The predicted octanol–water partition coefficient (Wildman–Crippen LogP) is 3.70. The molecule has 0 bridgehead atoms. The maximum Gasteiger partial charge on any atom is 0.232 e. The van der Waals surface area contributed by atoms with E-state index < -0.39 is 0 Å². The Morgan fingerprint density at radius 1 is 1.32 bits per heavy atom. The number of hydrogen-bond acceptors (Lipinski definition) is 3. The summed E-state index contributed by atoms with van der Waals surface area (Å²) in [6, 6.07) is 5.58. The lowest BCUT2D eigenvalue weighted by atomic mass is 9.98. The van der Waals surface area contributed by atoms with Gasteiger partial charge in [0.15, 0.2) is 0 Å². The Morgan fingerprint density at radius 2 is 2.09 bits per heavy atom. The first-order chi connectivity index (χ1) is 10.0. The summed E-state index contributed by atoms with van der Waals surface area (Å²) in [4.78, 5) is 15.2. The van der Waals surface area contributed by atoms with Crippen LogP contribution in [0.2, 0.25) is 10.0 Å². The standard InChI is InChI=1S/C15H18Cl2N2OS.ClH/c16-10-2-3-12(17)14(5-10)21-8-15(20)19-6-9-1-4-13(18)11(9)7-19;/h2-3,5,9,11,13H,1,4,6-8,18H2;1H. The van der Waals surface area contributed by atoms with E-state index in [2.05, 4.69) is 0 Å². The molecule has 22 heavy (non-hydrogen) atoms. The molecule has 0 aromatic heterocycles. The van der Waals surface area contributed by atoms with Crippen LogP contribution in [0.5, 0.6) is 0 Å². The van der Waals surface area contributed by atoms with E-state index in [9.17, 15) is 4.79 Å². The molecule has 1 aromatic rings. The highest BCUT2D eigenvalue weighted by Gasteiger charge is 2.42. The van der Waals surface area contributed by atoms with Gasteiger partial charge in [0.2, 0.25) is 5.91 Å². The summed E-state index contributed by atoms with van der Waals surface area (Å²) >= 11 is 13.5. The maximum absolute atomic E-state index is 12.3. The number of hydrogen-bond donors (Lipinski definition) is 1. The van der Waals surface area contributed by atoms with Gasteiger partial charge in [-0.15, -0.1) is 24.2 Å². The number of carbonyl (C=O) groups excluding carboxylic acids is 1. The van der Waals surface area contributed by atoms with E-state index in [0.29, 0.717) is 27.6 Å². The van der Waals surface area contributed by atoms with Crippen LogP contribution in [0.3, 0.4) is 0 Å². The van der Waals surface area contributed by atoms with Crippen molar-refractivity contribution in [2.24, 2.45) is 17.6 Å². The van der Waals surface area contributed by atoms with Crippen molar-refractivity contribution in [3.8, 4) is 0 Å². The Kier molecular flexibility index (Phi) is 6.31. The second-order valence-electron chi connectivity index (χ2n) is 5.83. The minimum Gasteiger partial charge on any atom is -0.341 e. The summed E-state index contributed by atoms with van der Waals surface area (Å²) in [5, 5.41) is 1.27. The van der Waals surface area contributed by atoms with Gasteiger partial charge in [-0.25, -0.2) is 0 Å². The fourth-order valence-corrected chi connectivity index (χ4v) is 4.73. The number of carbonyl (C=O) groups is 1. The van der Waals surface area contributed by atoms with Gasteiger partial charge in [0, 0.05) is 29.0 Å². The smallest absolute Gasteiger partial charge is 0.232 e. The number of nitrogens with two attached hydrogens (primary N) is 1. The molecule has 3 unspecified atom stereocenters. The molecule has 2 fully saturated rings. The summed E-state index contributed by atoms with van der Waals surface area (Å²) in [6.45, 7) is 1.68. The Bertz CT molecular complexity index is 558. The van der Waals surface area contributed by atoms with Crippen molar-refractivity contribution in [3.05, 3.63) is 28.2 Å². The average Bonchev–Trinajstić information content (AvgIpc) is 3.02. The molecular formula is C15H19Cl3N2OS. The van der Waals surface area contributed by atoms with Crippen molar-refractivity contribution in [2.45, 2.75) is 23.8 Å². The maximum atomic E-state index is 12.3. The quantitative estimate of drug-likeness (QED) is 0.812. The van der Waals surface area contributed by atoms with Crippen LogP contribution in [0.25, 0.3) is 0 Å². The summed E-state index contributed by atoms with van der Waals surface area (Å²) in [7, 11) is 0. The number of likely N-dealkylation sites (tertiary alicyclic amines) is 1. The Morgan fingerprint density at radius 3 is 2.82 bits per heavy atom. The van der Waals surface area contributed by atoms with E-state index in [4.69, 9.17) is 28.9 Å². The van der Waals surface area contributed by atoms with Gasteiger partial charge in [0.25, 0.3) is 0 Å². The molecule has 0 spiro atoms. The number of rotatable bonds is 3. The Balaban J connectivity index is 0.00000176. The highest BCUT2D eigenvalue weighted by atomic mass is 35.5. The van der Waals surface area contributed by atoms with Gasteiger partial charge in [0.1, 0.15) is 0 Å². The molecular weight excluding hydrogens is 363 g/mol. The molecule has 0 radical (unpaired) electrons. The van der Waals surface area contributed by atoms with E-state index in [1.165, 1.54) is 11.8 Å². The number of benzene rings is 1. The molecule has 1 aliphatic heterocycles. The first kappa shape index (κ1) is 18.2. The molecule has 7 heteroatoms. The van der Waals surface area contributed by atoms with Gasteiger partial charge in [-0.3, -0.25) is 4.79 Å². The van der Waals surface area contributed by atoms with Gasteiger partial charge in [0.05, 0.1) is 10.8 Å². The topological polar surface area (TPSA) is 46.3 Å². The second-order valence-corrected chi connectivity index (χ2v) is 7.69. The summed E-state index contributed by atoms with van der Waals surface area (Å²) in [6.07, 6.45) is 2.26. The van der Waals surface area contributed by atoms with Crippen molar-refractivity contribution in [1.82, 2.24) is 4.90 Å². The third kappa shape index (κ3) is 3.85. The van der Waals surface area contributed by atoms with Crippen LogP contribution in [0.15, 0.2) is 23.1 Å². The minimum atomic E-state index is 0. The van der Waals surface area contributed by atoms with Crippen LogP contribution in [-0.4, -0.2) is 35.7 Å². The highest BCUT2D eigenvalue weighted by molar-refractivity contribution is 8.00. The number of fused-ring (bicyclic) bond motifs is 1. The fourth-order valence-electron chi connectivity index (χ4n) is 3.33. The first-order valence-electron chi connectivity index (χ1n) is 7.16. The van der Waals surface area contributed by atoms with Crippen LogP contribution in [-0.2, 0) is 4.79 Å².